The Hall–Kier alpha value is -14.4. The fourth-order valence-corrected chi connectivity index (χ4v) is 22.1. The zero-order valence-electron chi connectivity index (χ0n) is 84.3. The first-order valence-electron chi connectivity index (χ1n) is 50.2. The number of likely N-dealkylation sites (N-methyl/N-ethyl adjacent to an activating group) is 5. The Labute approximate surface area is 838 Å². The van der Waals surface area contributed by atoms with E-state index in [1.807, 2.05) is 157 Å². The summed E-state index contributed by atoms with van der Waals surface area (Å²) in [6.07, 6.45) is 21.1. The lowest BCUT2D eigenvalue weighted by atomic mass is 9.78. The normalized spacial score (nSPS) is 16.8. The Balaban J connectivity index is 0.000000113. The number of aliphatic hydroxyl groups is 2. The van der Waals surface area contributed by atoms with E-state index in [2.05, 4.69) is 164 Å². The topological polar surface area (TPSA) is 319 Å². The van der Waals surface area contributed by atoms with E-state index in [-0.39, 0.29) is 35.6 Å². The first-order chi connectivity index (χ1) is 69.5. The second kappa shape index (κ2) is 39.4. The molecule has 8 aromatic carbocycles. The molecule has 0 radical (unpaired) electrons. The fraction of sp³-hybridized carbons (Fsp3) is 0.345. The summed E-state index contributed by atoms with van der Waals surface area (Å²) in [6.45, 7) is 28.1. The number of aromatic nitrogens is 12. The molecule has 0 aliphatic carbocycles. The van der Waals surface area contributed by atoms with Gasteiger partial charge in [0.25, 0.3) is 23.6 Å². The molecule has 8 aliphatic rings. The largest absolute Gasteiger partial charge is 0.496 e. The van der Waals surface area contributed by atoms with Crippen LogP contribution in [0.15, 0.2) is 189 Å². The Morgan fingerprint density at radius 2 is 0.806 bits per heavy atom. The molecular formula is C116H124N20O8. The first-order valence-corrected chi connectivity index (χ1v) is 50.2. The predicted octanol–water partition coefficient (Wildman–Crippen LogP) is 17.4. The van der Waals surface area contributed by atoms with Gasteiger partial charge < -0.3 is 78.8 Å². The number of carbonyl (C=O) groups is 4. The second-order valence-electron chi connectivity index (χ2n) is 41.7. The molecule has 6 N–H and O–H groups in total. The summed E-state index contributed by atoms with van der Waals surface area (Å²) in [6, 6.07) is 46.9. The molecule has 144 heavy (non-hydrogen) atoms. The van der Waals surface area contributed by atoms with Gasteiger partial charge in [0, 0.05) is 197 Å². The molecule has 8 aromatic heterocycles. The number of nitrogens with zero attached hydrogens (tertiary/aromatic N) is 16. The number of benzene rings is 8. The lowest BCUT2D eigenvalue weighted by Crippen LogP contribution is -2.67. The monoisotopic (exact) mass is 1920 g/mol. The molecular weight excluding hydrogens is 1800 g/mol. The summed E-state index contributed by atoms with van der Waals surface area (Å²) in [5, 5.41) is 19.6. The van der Waals surface area contributed by atoms with Gasteiger partial charge in [0.05, 0.1) is 85.0 Å². The van der Waals surface area contributed by atoms with E-state index in [9.17, 15) is 29.4 Å². The van der Waals surface area contributed by atoms with Crippen LogP contribution in [0.3, 0.4) is 0 Å². The quantitative estimate of drug-likeness (QED) is 0.0523. The molecule has 16 heterocycles. The number of H-pyrrole nitrogens is 4. The van der Waals surface area contributed by atoms with E-state index in [0.717, 1.165) is 287 Å². The van der Waals surface area contributed by atoms with Crippen LogP contribution in [0.2, 0.25) is 0 Å². The van der Waals surface area contributed by atoms with Crippen molar-refractivity contribution in [3.8, 4) is 95.3 Å². The molecule has 736 valence electrons. The van der Waals surface area contributed by atoms with Crippen LogP contribution in [0.25, 0.3) is 134 Å². The number of hydrogen-bond acceptors (Lipinski definition) is 20. The number of likely N-dealkylation sites (tertiary alicyclic amines) is 3. The Morgan fingerprint density at radius 3 is 1.17 bits per heavy atom. The van der Waals surface area contributed by atoms with Crippen molar-refractivity contribution in [1.29, 1.82) is 0 Å². The Bertz CT molecular complexity index is 7650. The molecule has 4 fully saturated rings. The number of aliphatic hydroxyl groups excluding tert-OH is 1. The number of aromatic amines is 4. The average Bonchev–Trinajstić information content (AvgIpc) is 0.985. The smallest absolute Gasteiger partial charge is 0.254 e. The molecule has 1 spiro atoms. The van der Waals surface area contributed by atoms with E-state index in [0.29, 0.717) is 30.1 Å². The number of β-amino-alcohol motifs (C(OH)–C–C–N with tert-alkyl or cyclic N) is 1. The number of ether oxygens (including phenoxy) is 2. The average molecular weight is 1930 g/mol. The van der Waals surface area contributed by atoms with E-state index in [1.54, 1.807) is 32.9 Å². The maximum atomic E-state index is 13.0. The number of nitrogens with one attached hydrogen (secondary N) is 4. The lowest BCUT2D eigenvalue weighted by molar-refractivity contribution is -0.176. The van der Waals surface area contributed by atoms with Crippen LogP contribution in [0, 0.1) is 39.0 Å². The molecule has 4 amide bonds. The molecule has 28 heteroatoms. The van der Waals surface area contributed by atoms with Gasteiger partial charge in [0.2, 0.25) is 0 Å². The summed E-state index contributed by atoms with van der Waals surface area (Å²) in [4.78, 5) is 120. The minimum Gasteiger partial charge on any atom is -0.496 e. The van der Waals surface area contributed by atoms with Crippen molar-refractivity contribution in [2.75, 3.05) is 128 Å². The predicted molar refractivity (Wildman–Crippen MR) is 563 cm³/mol. The van der Waals surface area contributed by atoms with Crippen molar-refractivity contribution in [3.05, 3.63) is 278 Å². The lowest BCUT2D eigenvalue weighted by Gasteiger charge is -2.54. The van der Waals surface area contributed by atoms with E-state index < -0.39 is 11.7 Å². The van der Waals surface area contributed by atoms with Crippen LogP contribution in [0.4, 0.5) is 0 Å². The standard InChI is InChI=1S/C30H33N5O2.C29H29N5O2.C29H33N5O2.C28H29N5O2/c1-4-19-9-12-35(17-19)30(36)21-7-5-20(6-8-21)25-15-31-29-28(25)33-26(16-32-29)22-13-23-18-34(2)11-10-24(23)27(14-22)37-3;1-18-9-21(10-22-13-33(2)8-7-23(18)22)25-12-31-27-26(32-25)24(11-30-27)19-3-5-20(6-4-19)28(35)34-14-29(15-34)16-36-17-29;1-18-12-21(13-22-16-33(4)11-10-23(18)22)25-15-31-27-26(32-25)24(14-30-27)19-6-8-20(9-7-19)28(35)34(5)17-29(2,3)36;1-16-9-19(10-20-13-32(3)7-6-22(16)20)25-12-30-27-26(31-25)24(11-29-27)18-4-5-23(17(2)8-18)28(35)33-14-21(34)15-33/h5-8,13-16,19H,4,9-12,17-18H2,1-3H3,(H,31,32);3-6,9-12H,7-8,13-17H2,1-2H3,(H,30,31);6-9,12-15,36H,10-11,16-17H2,1-5H3,(H,30,31);4-5,8-12,21,34H,6-7,13-15H2,1-3H3,(H,29,30)/t19-;;;/m0.../s1. The van der Waals surface area contributed by atoms with Crippen molar-refractivity contribution in [2.24, 2.45) is 11.3 Å². The zero-order chi connectivity index (χ0) is 99.8. The third kappa shape index (κ3) is 19.4. The molecule has 0 saturated carbocycles. The number of methoxy groups -OCH3 is 1. The van der Waals surface area contributed by atoms with Gasteiger partial charge in [-0.15, -0.1) is 0 Å². The Morgan fingerprint density at radius 1 is 0.444 bits per heavy atom. The fourth-order valence-electron chi connectivity index (χ4n) is 22.1. The summed E-state index contributed by atoms with van der Waals surface area (Å²) >= 11 is 0. The molecule has 0 unspecified atom stereocenters. The summed E-state index contributed by atoms with van der Waals surface area (Å²) in [5.41, 5.74) is 39.7. The molecule has 16 aromatic rings. The highest BCUT2D eigenvalue weighted by molar-refractivity contribution is 6.01. The zero-order valence-corrected chi connectivity index (χ0v) is 84.3. The van der Waals surface area contributed by atoms with E-state index in [4.69, 9.17) is 29.4 Å². The van der Waals surface area contributed by atoms with Crippen LogP contribution >= 0.6 is 0 Å². The van der Waals surface area contributed by atoms with Crippen molar-refractivity contribution < 1.29 is 38.9 Å². The van der Waals surface area contributed by atoms with Gasteiger partial charge >= 0.3 is 0 Å². The van der Waals surface area contributed by atoms with Gasteiger partial charge in [-0.1, -0.05) is 61.9 Å². The molecule has 24 rings (SSSR count). The van der Waals surface area contributed by atoms with Crippen molar-refractivity contribution in [2.45, 2.75) is 125 Å². The van der Waals surface area contributed by atoms with Crippen LogP contribution in [-0.4, -0.2) is 272 Å². The first kappa shape index (κ1) is 95.8. The molecule has 8 aliphatic heterocycles. The Kier molecular flexibility index (Phi) is 26.2. The number of hydrogen-bond donors (Lipinski definition) is 6. The summed E-state index contributed by atoms with van der Waals surface area (Å²) in [5.74, 6) is 1.59. The third-order valence-corrected chi connectivity index (χ3v) is 30.2. The van der Waals surface area contributed by atoms with Gasteiger partial charge in [-0.2, -0.15) is 0 Å². The van der Waals surface area contributed by atoms with Gasteiger partial charge in [-0.3, -0.25) is 19.2 Å². The van der Waals surface area contributed by atoms with Crippen LogP contribution in [0.1, 0.15) is 142 Å². The number of carbonyl (C=O) groups excluding carboxylic acids is 4. The molecule has 4 saturated heterocycles. The van der Waals surface area contributed by atoms with Crippen molar-refractivity contribution >= 4 is 68.3 Å². The van der Waals surface area contributed by atoms with Crippen molar-refractivity contribution in [1.82, 2.24) is 99.0 Å². The van der Waals surface area contributed by atoms with Gasteiger partial charge in [-0.05, 0) is 288 Å². The van der Waals surface area contributed by atoms with Crippen LogP contribution in [-0.2, 0) is 56.6 Å². The van der Waals surface area contributed by atoms with Gasteiger partial charge in [-0.25, -0.2) is 39.9 Å². The number of amides is 4. The van der Waals surface area contributed by atoms with Gasteiger partial charge in [0.1, 0.15) is 27.8 Å². The van der Waals surface area contributed by atoms with Crippen molar-refractivity contribution in [3.63, 3.8) is 0 Å². The van der Waals surface area contributed by atoms with Crippen LogP contribution in [0.5, 0.6) is 5.75 Å². The maximum absolute atomic E-state index is 13.0. The molecule has 1 atom stereocenters. The number of rotatable bonds is 16. The highest BCUT2D eigenvalue weighted by Gasteiger charge is 2.51. The number of fused-ring (bicyclic) bond motifs is 8. The highest BCUT2D eigenvalue weighted by Crippen LogP contribution is 2.43. The second-order valence-corrected chi connectivity index (χ2v) is 41.7. The van der Waals surface area contributed by atoms with E-state index >= 15 is 0 Å². The number of aryl methyl sites for hydroxylation is 4. The summed E-state index contributed by atoms with van der Waals surface area (Å²) in [7, 11) is 12.1. The SMILES string of the molecule is CC[C@H]1CCN(C(=O)c2ccc(-c3c[nH]c4ncc(-c5cc6c(c(OC)c5)CCN(C)C6)nc34)cc2)C1.Cc1cc(-c2c[nH]c3ncc(-c4cc(C)c5c(c4)CN(C)CC5)nc23)ccc1C(=O)N1CC(O)C1.Cc1cc(-c2cnc3[nH]cc(-c4ccc(C(=O)N(C)CC(C)(C)O)cc4)c3n2)cc2c1CCN(C)C2.Cc1cc(-c2cnc3[nH]cc(-c4ccc(C(=O)N5CC6(COC6)C5)cc4)c3n2)cc2c1CCN(C)C2. The minimum atomic E-state index is -0.947. The summed E-state index contributed by atoms with van der Waals surface area (Å²) < 4.78 is 11.1. The maximum Gasteiger partial charge on any atom is 0.254 e. The van der Waals surface area contributed by atoms with E-state index in [1.165, 1.54) is 66.1 Å². The molecule has 0 bridgehead atoms. The minimum absolute atomic E-state index is 0.0335. The van der Waals surface area contributed by atoms with Gasteiger partial charge in [0.15, 0.2) is 22.6 Å². The van der Waals surface area contributed by atoms with Crippen LogP contribution < -0.4 is 4.74 Å². The molecule has 28 nitrogen and oxygen atoms in total. The highest BCUT2D eigenvalue weighted by atomic mass is 16.5. The third-order valence-electron chi connectivity index (χ3n) is 30.2.